The molecule has 0 saturated heterocycles. The fourth-order valence-corrected chi connectivity index (χ4v) is 4.41. The number of hydrogen-bond donors (Lipinski definition) is 3. The maximum absolute atomic E-state index is 12.6. The van der Waals surface area contributed by atoms with Gasteiger partial charge in [0.05, 0.1) is 10.3 Å². The predicted molar refractivity (Wildman–Crippen MR) is 108 cm³/mol. The topological polar surface area (TPSA) is 99.9 Å². The minimum atomic E-state index is -0.0341. The highest BCUT2D eigenvalue weighted by molar-refractivity contribution is 8.04. The smallest absolute Gasteiger partial charge is 0.259 e. The Morgan fingerprint density at radius 2 is 2.27 bits per heavy atom. The van der Waals surface area contributed by atoms with Crippen molar-refractivity contribution in [1.82, 2.24) is 20.3 Å². The van der Waals surface area contributed by atoms with Gasteiger partial charge in [0, 0.05) is 36.8 Å². The first-order valence-electron chi connectivity index (χ1n) is 8.60. The normalized spacial score (nSPS) is 22.8. The van der Waals surface area contributed by atoms with Gasteiger partial charge in [-0.25, -0.2) is 9.97 Å². The number of aromatic amines is 1. The van der Waals surface area contributed by atoms with Gasteiger partial charge in [-0.2, -0.15) is 0 Å². The van der Waals surface area contributed by atoms with E-state index >= 15 is 0 Å². The molecule has 26 heavy (non-hydrogen) atoms. The SMILES string of the molecule is Cc1c[nH]c2ncnc(N3C=C(C(=O)N[C@@H]4CCC[C@H]4N)SCC3)c12.Cl. The number of H-pyrrole nitrogens is 1. The zero-order valence-corrected chi connectivity index (χ0v) is 16.2. The maximum Gasteiger partial charge on any atom is 0.259 e. The molecular weight excluding hydrogens is 372 g/mol. The van der Waals surface area contributed by atoms with E-state index in [9.17, 15) is 4.79 Å². The quantitative estimate of drug-likeness (QED) is 0.737. The molecule has 2 atom stereocenters. The van der Waals surface area contributed by atoms with E-state index in [4.69, 9.17) is 5.73 Å². The Morgan fingerprint density at radius 3 is 3.04 bits per heavy atom. The molecule has 4 rings (SSSR count). The van der Waals surface area contributed by atoms with E-state index in [-0.39, 0.29) is 30.4 Å². The summed E-state index contributed by atoms with van der Waals surface area (Å²) < 4.78 is 0. The summed E-state index contributed by atoms with van der Waals surface area (Å²) in [7, 11) is 0. The van der Waals surface area contributed by atoms with Crippen LogP contribution >= 0.6 is 24.2 Å². The number of nitrogens with two attached hydrogens (primary N) is 1. The number of rotatable bonds is 3. The molecule has 3 heterocycles. The van der Waals surface area contributed by atoms with Crippen molar-refractivity contribution in [3.63, 3.8) is 0 Å². The van der Waals surface area contributed by atoms with Crippen LogP contribution in [0.1, 0.15) is 24.8 Å². The van der Waals surface area contributed by atoms with Crippen LogP contribution in [0.25, 0.3) is 11.0 Å². The molecule has 1 amide bonds. The van der Waals surface area contributed by atoms with E-state index in [0.29, 0.717) is 4.91 Å². The molecule has 2 aromatic heterocycles. The number of nitrogens with zero attached hydrogens (tertiary/aromatic N) is 3. The van der Waals surface area contributed by atoms with Gasteiger partial charge in [-0.3, -0.25) is 4.79 Å². The number of anilines is 1. The summed E-state index contributed by atoms with van der Waals surface area (Å²) in [5, 5.41) is 4.10. The van der Waals surface area contributed by atoms with Crippen LogP contribution in [-0.4, -0.2) is 45.2 Å². The number of carbonyl (C=O) groups is 1. The van der Waals surface area contributed by atoms with Gasteiger partial charge in [-0.15, -0.1) is 24.2 Å². The van der Waals surface area contributed by atoms with E-state index in [0.717, 1.165) is 54.0 Å². The highest BCUT2D eigenvalue weighted by Gasteiger charge is 2.28. The van der Waals surface area contributed by atoms with Crippen molar-refractivity contribution in [2.45, 2.75) is 38.3 Å². The lowest BCUT2D eigenvalue weighted by atomic mass is 10.2. The largest absolute Gasteiger partial charge is 0.347 e. The van der Waals surface area contributed by atoms with Gasteiger partial charge in [0.2, 0.25) is 0 Å². The van der Waals surface area contributed by atoms with Crippen molar-refractivity contribution in [3.8, 4) is 0 Å². The minimum Gasteiger partial charge on any atom is -0.347 e. The Hall–Kier alpha value is -1.77. The summed E-state index contributed by atoms with van der Waals surface area (Å²) in [4.78, 5) is 27.3. The Morgan fingerprint density at radius 1 is 1.42 bits per heavy atom. The lowest BCUT2D eigenvalue weighted by Crippen LogP contribution is -2.44. The van der Waals surface area contributed by atoms with Crippen molar-refractivity contribution in [1.29, 1.82) is 0 Å². The lowest BCUT2D eigenvalue weighted by molar-refractivity contribution is -0.117. The molecule has 140 valence electrons. The Bertz CT molecular complexity index is 838. The lowest BCUT2D eigenvalue weighted by Gasteiger charge is -2.26. The highest BCUT2D eigenvalue weighted by Crippen LogP contribution is 2.31. The van der Waals surface area contributed by atoms with Crippen molar-refractivity contribution in [2.24, 2.45) is 5.73 Å². The van der Waals surface area contributed by atoms with Gasteiger partial charge in [0.1, 0.15) is 17.8 Å². The van der Waals surface area contributed by atoms with Gasteiger partial charge < -0.3 is 20.9 Å². The van der Waals surface area contributed by atoms with Gasteiger partial charge >= 0.3 is 0 Å². The average Bonchev–Trinajstić information content (AvgIpc) is 3.21. The van der Waals surface area contributed by atoms with Crippen LogP contribution in [0.2, 0.25) is 0 Å². The molecular formula is C17H23ClN6OS. The van der Waals surface area contributed by atoms with Crippen LogP contribution in [0.15, 0.2) is 23.6 Å². The second-order valence-corrected chi connectivity index (χ2v) is 7.74. The summed E-state index contributed by atoms with van der Waals surface area (Å²) in [6.45, 7) is 2.84. The fourth-order valence-electron chi connectivity index (χ4n) is 3.51. The maximum atomic E-state index is 12.6. The molecule has 0 bridgehead atoms. The molecule has 1 aliphatic carbocycles. The molecule has 2 aromatic rings. The molecule has 4 N–H and O–H groups in total. The summed E-state index contributed by atoms with van der Waals surface area (Å²) in [6.07, 6.45) is 8.41. The molecule has 0 aromatic carbocycles. The zero-order chi connectivity index (χ0) is 17.4. The van der Waals surface area contributed by atoms with Gasteiger partial charge in [-0.05, 0) is 31.7 Å². The van der Waals surface area contributed by atoms with Crippen LogP contribution in [-0.2, 0) is 4.79 Å². The zero-order valence-electron chi connectivity index (χ0n) is 14.6. The van der Waals surface area contributed by atoms with Gasteiger partial charge in [0.15, 0.2) is 0 Å². The number of halogens is 1. The van der Waals surface area contributed by atoms with Crippen LogP contribution in [0.3, 0.4) is 0 Å². The highest BCUT2D eigenvalue weighted by atomic mass is 35.5. The number of thioether (sulfide) groups is 1. The summed E-state index contributed by atoms with van der Waals surface area (Å²) in [5.41, 5.74) is 7.98. The third kappa shape index (κ3) is 3.54. The number of carbonyl (C=O) groups excluding carboxylic acids is 1. The minimum absolute atomic E-state index is 0. The summed E-state index contributed by atoms with van der Waals surface area (Å²) in [5.74, 6) is 1.64. The molecule has 9 heteroatoms. The van der Waals surface area contributed by atoms with Crippen LogP contribution in [0.4, 0.5) is 5.82 Å². The number of aryl methyl sites for hydroxylation is 1. The van der Waals surface area contributed by atoms with Crippen LogP contribution in [0.5, 0.6) is 0 Å². The number of fused-ring (bicyclic) bond motifs is 1. The summed E-state index contributed by atoms with van der Waals surface area (Å²) in [6, 6.07) is 0.153. The fraction of sp³-hybridized carbons (Fsp3) is 0.471. The van der Waals surface area contributed by atoms with E-state index < -0.39 is 0 Å². The first kappa shape index (κ1) is 19.0. The number of nitrogens with one attached hydrogen (secondary N) is 2. The van der Waals surface area contributed by atoms with Gasteiger partial charge in [0.25, 0.3) is 5.91 Å². The second-order valence-electron chi connectivity index (χ2n) is 6.60. The molecule has 1 fully saturated rings. The van der Waals surface area contributed by atoms with E-state index in [1.54, 1.807) is 18.1 Å². The second kappa shape index (κ2) is 7.85. The Kier molecular flexibility index (Phi) is 5.74. The molecule has 7 nitrogen and oxygen atoms in total. The number of amides is 1. The molecule has 0 unspecified atom stereocenters. The number of hydrogen-bond acceptors (Lipinski definition) is 6. The van der Waals surface area contributed by atoms with E-state index in [1.807, 2.05) is 24.2 Å². The van der Waals surface area contributed by atoms with E-state index in [2.05, 4.69) is 20.3 Å². The van der Waals surface area contributed by atoms with Crippen molar-refractivity contribution >= 4 is 46.9 Å². The van der Waals surface area contributed by atoms with E-state index in [1.165, 1.54) is 0 Å². The summed E-state index contributed by atoms with van der Waals surface area (Å²) >= 11 is 1.58. The first-order valence-corrected chi connectivity index (χ1v) is 9.58. The van der Waals surface area contributed by atoms with Crippen molar-refractivity contribution in [3.05, 3.63) is 29.2 Å². The third-order valence-corrected chi connectivity index (χ3v) is 5.88. The number of aromatic nitrogens is 3. The first-order chi connectivity index (χ1) is 12.1. The van der Waals surface area contributed by atoms with Crippen molar-refractivity contribution in [2.75, 3.05) is 17.2 Å². The van der Waals surface area contributed by atoms with Gasteiger partial charge in [-0.1, -0.05) is 0 Å². The van der Waals surface area contributed by atoms with Crippen LogP contribution in [0, 0.1) is 6.92 Å². The van der Waals surface area contributed by atoms with Crippen molar-refractivity contribution < 1.29 is 4.79 Å². The molecule has 1 aliphatic heterocycles. The molecule has 0 radical (unpaired) electrons. The average molecular weight is 395 g/mol. The standard InChI is InChI=1S/C17H22N6OS.ClH/c1-10-7-19-15-14(10)16(21-9-20-15)23-5-6-25-13(8-23)17(24)22-12-4-2-3-11(12)18;/h7-9,11-12H,2-6,18H2,1H3,(H,22,24)(H,19,20,21);1H/t11-,12-;/m1./s1. The third-order valence-electron chi connectivity index (χ3n) is 4.89. The monoisotopic (exact) mass is 394 g/mol. The molecule has 1 saturated carbocycles. The Balaban J connectivity index is 0.00000196. The Labute approximate surface area is 162 Å². The van der Waals surface area contributed by atoms with Crippen LogP contribution < -0.4 is 16.0 Å². The predicted octanol–water partition coefficient (Wildman–Crippen LogP) is 2.08. The molecule has 0 spiro atoms. The molecule has 2 aliphatic rings.